The number of fused-ring (bicyclic) bond motifs is 2. The van der Waals surface area contributed by atoms with Crippen molar-refractivity contribution in [2.45, 2.75) is 13.0 Å². The molecule has 2 atom stereocenters. The van der Waals surface area contributed by atoms with Gasteiger partial charge >= 0.3 is 0 Å². The van der Waals surface area contributed by atoms with Crippen molar-refractivity contribution in [2.24, 2.45) is 11.8 Å². The highest BCUT2D eigenvalue weighted by molar-refractivity contribution is 6.21. The lowest BCUT2D eigenvalue weighted by atomic mass is 9.83. The van der Waals surface area contributed by atoms with Crippen molar-refractivity contribution in [1.82, 2.24) is 10.2 Å². The summed E-state index contributed by atoms with van der Waals surface area (Å²) in [4.78, 5) is 48.7. The van der Waals surface area contributed by atoms with Crippen molar-refractivity contribution in [1.29, 1.82) is 0 Å². The summed E-state index contributed by atoms with van der Waals surface area (Å²) in [7, 11) is 0. The number of carbonyl (C=O) groups excluding carboxylic acids is 4. The zero-order valence-electron chi connectivity index (χ0n) is 10.5. The summed E-state index contributed by atoms with van der Waals surface area (Å²) in [6, 6.07) is 8.99. The number of nitrogens with zero attached hydrogens (tertiary/aromatic N) is 1. The second kappa shape index (κ2) is 4.56. The van der Waals surface area contributed by atoms with E-state index in [4.69, 9.17) is 0 Å². The number of amides is 4. The number of carbonyl (C=O) groups is 4. The predicted octanol–water partition coefficient (Wildman–Crippen LogP) is -0.166. The van der Waals surface area contributed by atoms with Gasteiger partial charge in [0.05, 0.1) is 6.54 Å². The Morgan fingerprint density at radius 1 is 0.950 bits per heavy atom. The summed E-state index contributed by atoms with van der Waals surface area (Å²) in [6.07, 6.45) is -0.00633. The van der Waals surface area contributed by atoms with Crippen LogP contribution in [0.1, 0.15) is 12.0 Å². The molecule has 3 rings (SSSR count). The third kappa shape index (κ3) is 1.89. The van der Waals surface area contributed by atoms with Crippen LogP contribution in [0, 0.1) is 11.8 Å². The van der Waals surface area contributed by atoms with E-state index in [2.05, 4.69) is 5.32 Å². The quantitative estimate of drug-likeness (QED) is 0.598. The molecule has 2 aliphatic heterocycles. The number of benzene rings is 1. The fraction of sp³-hybridized carbons (Fsp3) is 0.286. The highest BCUT2D eigenvalue weighted by Crippen LogP contribution is 2.29. The van der Waals surface area contributed by atoms with E-state index in [-0.39, 0.29) is 13.0 Å². The Morgan fingerprint density at radius 2 is 1.50 bits per heavy atom. The van der Waals surface area contributed by atoms with E-state index >= 15 is 0 Å². The van der Waals surface area contributed by atoms with E-state index in [1.165, 1.54) is 0 Å². The molecule has 2 bridgehead atoms. The molecule has 1 N–H and O–H groups in total. The molecule has 0 saturated carbocycles. The number of piperidine rings is 2. The molecule has 0 radical (unpaired) electrons. The van der Waals surface area contributed by atoms with E-state index in [1.807, 2.05) is 6.07 Å². The van der Waals surface area contributed by atoms with Crippen LogP contribution in [0.25, 0.3) is 0 Å². The number of likely N-dealkylation sites (tertiary alicyclic amines) is 1. The van der Waals surface area contributed by atoms with E-state index in [0.717, 1.165) is 10.5 Å². The van der Waals surface area contributed by atoms with E-state index in [1.54, 1.807) is 24.3 Å². The Balaban J connectivity index is 1.90. The highest BCUT2D eigenvalue weighted by Gasteiger charge is 2.50. The fourth-order valence-corrected chi connectivity index (χ4v) is 2.58. The summed E-state index contributed by atoms with van der Waals surface area (Å²) >= 11 is 0. The van der Waals surface area contributed by atoms with Crippen LogP contribution in [0.2, 0.25) is 0 Å². The van der Waals surface area contributed by atoms with Gasteiger partial charge in [0, 0.05) is 0 Å². The van der Waals surface area contributed by atoms with Crippen LogP contribution in [-0.4, -0.2) is 28.5 Å². The van der Waals surface area contributed by atoms with Gasteiger partial charge in [0.2, 0.25) is 23.6 Å². The Morgan fingerprint density at radius 3 is 2.05 bits per heavy atom. The summed E-state index contributed by atoms with van der Waals surface area (Å²) in [5, 5.41) is 2.08. The first-order chi connectivity index (χ1) is 9.58. The molecule has 20 heavy (non-hydrogen) atoms. The smallest absolute Gasteiger partial charge is 0.242 e. The summed E-state index contributed by atoms with van der Waals surface area (Å²) in [6.45, 7) is 0.0894. The maximum Gasteiger partial charge on any atom is 0.242 e. The second-order valence-electron chi connectivity index (χ2n) is 4.94. The first-order valence-corrected chi connectivity index (χ1v) is 6.32. The normalized spacial score (nSPS) is 25.7. The van der Waals surface area contributed by atoms with Gasteiger partial charge in [-0.3, -0.25) is 29.4 Å². The van der Waals surface area contributed by atoms with Crippen LogP contribution >= 0.6 is 0 Å². The molecule has 0 spiro atoms. The molecular weight excluding hydrogens is 260 g/mol. The lowest BCUT2D eigenvalue weighted by Crippen LogP contribution is -2.61. The predicted molar refractivity (Wildman–Crippen MR) is 66.7 cm³/mol. The first-order valence-electron chi connectivity index (χ1n) is 6.32. The zero-order valence-corrected chi connectivity index (χ0v) is 10.5. The summed E-state index contributed by atoms with van der Waals surface area (Å²) in [5.74, 6) is -4.14. The molecule has 102 valence electrons. The van der Waals surface area contributed by atoms with Crippen molar-refractivity contribution in [3.63, 3.8) is 0 Å². The summed E-state index contributed by atoms with van der Waals surface area (Å²) < 4.78 is 0. The van der Waals surface area contributed by atoms with E-state index < -0.39 is 35.5 Å². The molecule has 6 heteroatoms. The molecule has 0 aliphatic carbocycles. The lowest BCUT2D eigenvalue weighted by Gasteiger charge is -2.37. The van der Waals surface area contributed by atoms with Gasteiger partial charge < -0.3 is 0 Å². The first kappa shape index (κ1) is 12.5. The zero-order chi connectivity index (χ0) is 14.3. The molecule has 1 aromatic carbocycles. The van der Waals surface area contributed by atoms with Crippen molar-refractivity contribution in [2.75, 3.05) is 0 Å². The van der Waals surface area contributed by atoms with Crippen molar-refractivity contribution >= 4 is 23.6 Å². The lowest BCUT2D eigenvalue weighted by molar-refractivity contribution is -0.164. The minimum Gasteiger partial charge on any atom is -0.295 e. The average molecular weight is 272 g/mol. The molecule has 2 aliphatic rings. The molecular formula is C14H12N2O4. The Bertz CT molecular complexity index is 579. The van der Waals surface area contributed by atoms with Crippen LogP contribution < -0.4 is 5.32 Å². The van der Waals surface area contributed by atoms with Crippen LogP contribution in [0.4, 0.5) is 0 Å². The minimum atomic E-state index is -0.931. The van der Waals surface area contributed by atoms with Crippen LogP contribution in [0.15, 0.2) is 30.3 Å². The Labute approximate surface area is 114 Å². The number of rotatable bonds is 2. The molecule has 2 fully saturated rings. The van der Waals surface area contributed by atoms with Gasteiger partial charge in [0.15, 0.2) is 0 Å². The third-order valence-corrected chi connectivity index (χ3v) is 3.66. The van der Waals surface area contributed by atoms with Gasteiger partial charge in [-0.05, 0) is 12.0 Å². The van der Waals surface area contributed by atoms with Gasteiger partial charge in [0.25, 0.3) is 0 Å². The SMILES string of the molecule is O=C1NC(=O)C2CC1C(=O)N(Cc1ccccc1)C2=O. The number of hydrogen-bond acceptors (Lipinski definition) is 4. The molecule has 1 aromatic rings. The molecule has 4 amide bonds. The van der Waals surface area contributed by atoms with Crippen molar-refractivity contribution < 1.29 is 19.2 Å². The number of imide groups is 2. The van der Waals surface area contributed by atoms with Gasteiger partial charge in [-0.1, -0.05) is 30.3 Å². The van der Waals surface area contributed by atoms with Gasteiger partial charge in [-0.25, -0.2) is 0 Å². The Hall–Kier alpha value is -2.50. The van der Waals surface area contributed by atoms with Crippen molar-refractivity contribution in [3.05, 3.63) is 35.9 Å². The largest absolute Gasteiger partial charge is 0.295 e. The topological polar surface area (TPSA) is 83.6 Å². The fourth-order valence-electron chi connectivity index (χ4n) is 2.58. The maximum absolute atomic E-state index is 12.2. The Kier molecular flexibility index (Phi) is 2.85. The molecule has 2 heterocycles. The van der Waals surface area contributed by atoms with Gasteiger partial charge in [-0.2, -0.15) is 0 Å². The van der Waals surface area contributed by atoms with Gasteiger partial charge in [-0.15, -0.1) is 0 Å². The highest BCUT2D eigenvalue weighted by atomic mass is 16.2. The monoisotopic (exact) mass is 272 g/mol. The van der Waals surface area contributed by atoms with Crippen LogP contribution in [0.3, 0.4) is 0 Å². The van der Waals surface area contributed by atoms with Crippen molar-refractivity contribution in [3.8, 4) is 0 Å². The average Bonchev–Trinajstić information content (AvgIpc) is 2.44. The third-order valence-electron chi connectivity index (χ3n) is 3.66. The number of hydrogen-bond donors (Lipinski definition) is 1. The van der Waals surface area contributed by atoms with E-state index in [0.29, 0.717) is 0 Å². The summed E-state index contributed by atoms with van der Waals surface area (Å²) in [5.41, 5.74) is 0.780. The second-order valence-corrected chi connectivity index (χ2v) is 4.94. The molecule has 2 unspecified atom stereocenters. The molecule has 6 nitrogen and oxygen atoms in total. The standard InChI is InChI=1S/C14H12N2O4/c17-11-9-6-10(12(18)15-11)14(20)16(13(9)19)7-8-4-2-1-3-5-8/h1-5,9-10H,6-7H2,(H,15,17,18). The molecule has 2 saturated heterocycles. The van der Waals surface area contributed by atoms with Crippen LogP contribution in [-0.2, 0) is 25.7 Å². The van der Waals surface area contributed by atoms with Gasteiger partial charge in [0.1, 0.15) is 11.8 Å². The minimum absolute atomic E-state index is 0.00633. The van der Waals surface area contributed by atoms with Crippen LogP contribution in [0.5, 0.6) is 0 Å². The van der Waals surface area contributed by atoms with E-state index in [9.17, 15) is 19.2 Å². The molecule has 0 aromatic heterocycles. The number of nitrogens with one attached hydrogen (secondary N) is 1. The maximum atomic E-state index is 12.2.